The number of ether oxygens (including phenoxy) is 5. The highest BCUT2D eigenvalue weighted by Gasteiger charge is 2.50. The van der Waals surface area contributed by atoms with Crippen molar-refractivity contribution in [2.75, 3.05) is 13.2 Å². The summed E-state index contributed by atoms with van der Waals surface area (Å²) in [5.74, 6) is -3.43. The van der Waals surface area contributed by atoms with Crippen molar-refractivity contribution in [1.82, 2.24) is 0 Å². The first-order valence-corrected chi connectivity index (χ1v) is 30.4. The number of carbonyl (C=O) groups excluding carboxylic acids is 3. The fraction of sp³-hybridized carbons (Fsp3) is 0.493. The Labute approximate surface area is 499 Å². The Balaban J connectivity index is 2.83. The van der Waals surface area contributed by atoms with E-state index in [-0.39, 0.29) is 19.3 Å². The van der Waals surface area contributed by atoms with Crippen LogP contribution in [-0.2, 0) is 42.9 Å². The van der Waals surface area contributed by atoms with Crippen LogP contribution >= 0.6 is 0 Å². The van der Waals surface area contributed by atoms with Crippen LogP contribution in [0.25, 0.3) is 0 Å². The molecule has 1 aliphatic rings. The standard InChI is InChI=1S/C71H102O12/c1-4-7-10-13-16-19-22-25-28-31-32-35-36-39-42-45-48-51-54-57-63(72)79-60-62(81-64(73)58-55-52-49-46-43-40-37-33-29-26-23-20-17-14-11-8-5-2)61-80-71-69(67(76)66(75)68(83-71)70(77)78)82-65(74)59-56-53-50-47-44-41-38-34-30-27-24-21-18-15-12-9-6-3/h7-12,16-21,25-30,32,35,37-42,46-51,62,66-69,71,75-76H,4-6,13-15,22-24,31,33-34,36,43-45,52-61H2,1-3H3,(H,77,78)/b10-7-,11-8-,12-9-,19-16-,20-17-,21-18-,28-25-,29-26-,30-27-,35-32-,40-37-,41-38-,42-39-,49-46-,50-47-,51-48-. The molecule has 0 aromatic heterocycles. The lowest BCUT2D eigenvalue weighted by atomic mass is 9.98. The van der Waals surface area contributed by atoms with Crippen LogP contribution in [0.5, 0.6) is 0 Å². The molecule has 6 unspecified atom stereocenters. The fourth-order valence-corrected chi connectivity index (χ4v) is 7.64. The largest absolute Gasteiger partial charge is 0.479 e. The number of aliphatic carboxylic acids is 1. The molecule has 12 nitrogen and oxygen atoms in total. The van der Waals surface area contributed by atoms with Crippen molar-refractivity contribution in [2.45, 2.75) is 212 Å². The molecule has 1 rings (SSSR count). The first kappa shape index (κ1) is 74.6. The topological polar surface area (TPSA) is 175 Å². The number of hydrogen-bond donors (Lipinski definition) is 3. The average Bonchev–Trinajstić information content (AvgIpc) is 3.59. The Kier molecular flexibility index (Phi) is 50.4. The smallest absolute Gasteiger partial charge is 0.335 e. The number of carbonyl (C=O) groups is 4. The van der Waals surface area contributed by atoms with Gasteiger partial charge in [-0.25, -0.2) is 4.79 Å². The van der Waals surface area contributed by atoms with E-state index in [2.05, 4.69) is 179 Å². The van der Waals surface area contributed by atoms with E-state index in [1.165, 1.54) is 0 Å². The highest BCUT2D eigenvalue weighted by atomic mass is 16.7. The van der Waals surface area contributed by atoms with Crippen molar-refractivity contribution in [2.24, 2.45) is 0 Å². The quantitative estimate of drug-likeness (QED) is 0.0228. The van der Waals surface area contributed by atoms with Crippen LogP contribution in [0.15, 0.2) is 194 Å². The average molecular weight is 1150 g/mol. The number of carboxylic acid groups (broad SMARTS) is 1. The summed E-state index contributed by atoms with van der Waals surface area (Å²) in [4.78, 5) is 51.2. The van der Waals surface area contributed by atoms with Crippen molar-refractivity contribution >= 4 is 23.9 Å². The molecule has 0 aliphatic carbocycles. The highest BCUT2D eigenvalue weighted by Crippen LogP contribution is 2.26. The normalized spacial score (nSPS) is 19.0. The minimum Gasteiger partial charge on any atom is -0.479 e. The van der Waals surface area contributed by atoms with Gasteiger partial charge >= 0.3 is 23.9 Å². The molecule has 0 amide bonds. The summed E-state index contributed by atoms with van der Waals surface area (Å²) in [7, 11) is 0. The third-order valence-corrected chi connectivity index (χ3v) is 12.2. The molecule has 0 saturated carbocycles. The van der Waals surface area contributed by atoms with E-state index >= 15 is 0 Å². The van der Waals surface area contributed by atoms with E-state index in [9.17, 15) is 34.5 Å². The fourth-order valence-electron chi connectivity index (χ4n) is 7.64. The molecule has 6 atom stereocenters. The monoisotopic (exact) mass is 1150 g/mol. The molecule has 3 N–H and O–H groups in total. The molecule has 0 aromatic carbocycles. The number of esters is 3. The van der Waals surface area contributed by atoms with E-state index in [0.29, 0.717) is 38.5 Å². The molecule has 0 spiro atoms. The highest BCUT2D eigenvalue weighted by molar-refractivity contribution is 5.74. The summed E-state index contributed by atoms with van der Waals surface area (Å²) < 4.78 is 28.2. The van der Waals surface area contributed by atoms with E-state index in [1.807, 2.05) is 36.5 Å². The summed E-state index contributed by atoms with van der Waals surface area (Å²) in [6.07, 6.45) is 74.2. The maximum atomic E-state index is 13.2. The van der Waals surface area contributed by atoms with Gasteiger partial charge in [-0.1, -0.05) is 215 Å². The lowest BCUT2D eigenvalue weighted by molar-refractivity contribution is -0.301. The number of unbranched alkanes of at least 4 members (excludes halogenated alkanes) is 2. The van der Waals surface area contributed by atoms with Crippen LogP contribution in [0.2, 0.25) is 0 Å². The van der Waals surface area contributed by atoms with E-state index in [1.54, 1.807) is 0 Å². The van der Waals surface area contributed by atoms with Gasteiger partial charge in [0.15, 0.2) is 24.6 Å². The summed E-state index contributed by atoms with van der Waals surface area (Å²) in [5, 5.41) is 31.5. The minimum atomic E-state index is -1.95. The van der Waals surface area contributed by atoms with Crippen molar-refractivity contribution in [1.29, 1.82) is 0 Å². The molecular formula is C71H102O12. The predicted octanol–water partition coefficient (Wildman–Crippen LogP) is 16.2. The van der Waals surface area contributed by atoms with E-state index < -0.39 is 73.9 Å². The second-order valence-corrected chi connectivity index (χ2v) is 19.5. The number of aliphatic hydroxyl groups is 2. The predicted molar refractivity (Wildman–Crippen MR) is 339 cm³/mol. The third kappa shape index (κ3) is 45.7. The zero-order valence-corrected chi connectivity index (χ0v) is 50.3. The number of rotatable bonds is 48. The van der Waals surface area contributed by atoms with Gasteiger partial charge in [0.25, 0.3) is 0 Å². The number of hydrogen-bond acceptors (Lipinski definition) is 11. The second-order valence-electron chi connectivity index (χ2n) is 19.5. The Morgan fingerprint density at radius 1 is 0.398 bits per heavy atom. The Morgan fingerprint density at radius 2 is 0.723 bits per heavy atom. The molecule has 0 aromatic rings. The van der Waals surface area contributed by atoms with Gasteiger partial charge < -0.3 is 39.0 Å². The van der Waals surface area contributed by atoms with Gasteiger partial charge in [0.1, 0.15) is 18.8 Å². The van der Waals surface area contributed by atoms with Gasteiger partial charge in [-0.15, -0.1) is 0 Å². The lowest BCUT2D eigenvalue weighted by Gasteiger charge is -2.40. The molecule has 12 heteroatoms. The molecule has 0 radical (unpaired) electrons. The van der Waals surface area contributed by atoms with Gasteiger partial charge in [-0.3, -0.25) is 14.4 Å². The summed E-state index contributed by atoms with van der Waals surface area (Å²) in [6, 6.07) is 0. The van der Waals surface area contributed by atoms with Crippen molar-refractivity contribution in [3.63, 3.8) is 0 Å². The zero-order chi connectivity index (χ0) is 60.3. The maximum Gasteiger partial charge on any atom is 0.335 e. The molecule has 1 heterocycles. The molecule has 458 valence electrons. The number of aliphatic hydroxyl groups excluding tert-OH is 2. The molecule has 1 saturated heterocycles. The van der Waals surface area contributed by atoms with E-state index in [0.717, 1.165) is 96.3 Å². The van der Waals surface area contributed by atoms with Crippen LogP contribution in [0.3, 0.4) is 0 Å². The van der Waals surface area contributed by atoms with Gasteiger partial charge in [-0.05, 0) is 135 Å². The Hall–Kier alpha value is -6.44. The van der Waals surface area contributed by atoms with Gasteiger partial charge in [0, 0.05) is 19.3 Å². The third-order valence-electron chi connectivity index (χ3n) is 12.2. The van der Waals surface area contributed by atoms with E-state index in [4.69, 9.17) is 23.7 Å². The van der Waals surface area contributed by atoms with Crippen molar-refractivity contribution in [3.05, 3.63) is 194 Å². The molecule has 0 bridgehead atoms. The summed E-state index contributed by atoms with van der Waals surface area (Å²) in [5.41, 5.74) is 0. The van der Waals surface area contributed by atoms with Crippen LogP contribution < -0.4 is 0 Å². The van der Waals surface area contributed by atoms with Gasteiger partial charge in [0.05, 0.1) is 6.61 Å². The SMILES string of the molecule is CC/C=C\C/C=C\C/C=C\C/C=C\C/C=C\C/C=C\CCC(=O)OCC(COC1OC(C(=O)O)C(O)C(O)C1OC(=O)CCC/C=C\C/C=C\C/C=C\C/C=C\C/C=C\CC)OC(=O)CCC/C=C\C/C=C\C/C=C\C/C=C\C/C=C\CC. The molecule has 1 aliphatic heterocycles. The Bertz CT molecular complexity index is 2190. The summed E-state index contributed by atoms with van der Waals surface area (Å²) in [6.45, 7) is 5.49. The van der Waals surface area contributed by atoms with Crippen LogP contribution in [0, 0.1) is 0 Å². The van der Waals surface area contributed by atoms with Crippen LogP contribution in [0.4, 0.5) is 0 Å². The maximum absolute atomic E-state index is 13.2. The lowest BCUT2D eigenvalue weighted by Crippen LogP contribution is -2.61. The number of allylic oxidation sites excluding steroid dienone is 32. The second kappa shape index (κ2) is 56.1. The Morgan fingerprint density at radius 3 is 1.07 bits per heavy atom. The van der Waals surface area contributed by atoms with Gasteiger partial charge in [-0.2, -0.15) is 0 Å². The van der Waals surface area contributed by atoms with Gasteiger partial charge in [0.2, 0.25) is 0 Å². The minimum absolute atomic E-state index is 0.0446. The number of carboxylic acids is 1. The molecule has 1 fully saturated rings. The van der Waals surface area contributed by atoms with Crippen molar-refractivity contribution in [3.8, 4) is 0 Å². The zero-order valence-electron chi connectivity index (χ0n) is 50.3. The first-order valence-electron chi connectivity index (χ1n) is 30.4. The van der Waals surface area contributed by atoms with Crippen molar-refractivity contribution < 1.29 is 58.2 Å². The molecular weight excluding hydrogens is 1040 g/mol. The van der Waals surface area contributed by atoms with Crippen LogP contribution in [-0.4, -0.2) is 89.2 Å². The first-order chi connectivity index (χ1) is 40.6. The molecule has 83 heavy (non-hydrogen) atoms. The van der Waals surface area contributed by atoms with Crippen LogP contribution in [0.1, 0.15) is 175 Å². The summed E-state index contributed by atoms with van der Waals surface area (Å²) >= 11 is 0.